The van der Waals surface area contributed by atoms with Crippen molar-refractivity contribution in [1.29, 1.82) is 0 Å². The molecule has 3 heterocycles. The molecule has 182 valence electrons. The molecule has 9 nitrogen and oxygen atoms in total. The minimum Gasteiger partial charge on any atom is -0.495 e. The standard InChI is InChI=1S/C25H33N5O4/c1-27-8-10-29(11-9-27)21-18-19(6-7-22(21)32-2)26-25(31)30-14-12-28(13-15-30)20-4-3-5-23-24(20)34-17-16-33-23/h3-7,18H,8-17H2,1-2H3,(H,26,31). The number of methoxy groups -OCH3 is 1. The van der Waals surface area contributed by atoms with Crippen LogP contribution in [0.2, 0.25) is 0 Å². The largest absolute Gasteiger partial charge is 0.495 e. The molecule has 5 rings (SSSR count). The Kier molecular flexibility index (Phi) is 6.53. The number of amides is 2. The van der Waals surface area contributed by atoms with E-state index in [2.05, 4.69) is 33.1 Å². The lowest BCUT2D eigenvalue weighted by Gasteiger charge is -2.37. The van der Waals surface area contributed by atoms with Gasteiger partial charge in [0.25, 0.3) is 0 Å². The maximum Gasteiger partial charge on any atom is 0.321 e. The number of benzene rings is 2. The van der Waals surface area contributed by atoms with Crippen LogP contribution in [0.4, 0.5) is 21.9 Å². The zero-order valence-electron chi connectivity index (χ0n) is 20.0. The molecule has 0 aromatic heterocycles. The first kappa shape index (κ1) is 22.5. The van der Waals surface area contributed by atoms with E-state index in [1.807, 2.05) is 35.2 Å². The fourth-order valence-electron chi connectivity index (χ4n) is 4.72. The molecule has 0 unspecified atom stereocenters. The van der Waals surface area contributed by atoms with E-state index in [-0.39, 0.29) is 6.03 Å². The number of hydrogen-bond donors (Lipinski definition) is 1. The number of nitrogens with one attached hydrogen (secondary N) is 1. The maximum absolute atomic E-state index is 13.0. The van der Waals surface area contributed by atoms with Crippen LogP contribution in [-0.2, 0) is 0 Å². The van der Waals surface area contributed by atoms with Crippen LogP contribution in [0, 0.1) is 0 Å². The van der Waals surface area contributed by atoms with Crippen LogP contribution in [0.1, 0.15) is 0 Å². The van der Waals surface area contributed by atoms with Gasteiger partial charge in [-0.15, -0.1) is 0 Å². The summed E-state index contributed by atoms with van der Waals surface area (Å²) in [5.41, 5.74) is 2.84. The van der Waals surface area contributed by atoms with E-state index in [9.17, 15) is 4.79 Å². The predicted molar refractivity (Wildman–Crippen MR) is 133 cm³/mol. The van der Waals surface area contributed by atoms with E-state index in [0.717, 1.165) is 73.6 Å². The maximum atomic E-state index is 13.0. The number of carbonyl (C=O) groups is 1. The first-order valence-electron chi connectivity index (χ1n) is 11.9. The van der Waals surface area contributed by atoms with Gasteiger partial charge in [-0.05, 0) is 37.4 Å². The summed E-state index contributed by atoms with van der Waals surface area (Å²) in [5.74, 6) is 2.43. The summed E-state index contributed by atoms with van der Waals surface area (Å²) in [6.07, 6.45) is 0. The monoisotopic (exact) mass is 467 g/mol. The van der Waals surface area contributed by atoms with Gasteiger partial charge in [-0.3, -0.25) is 0 Å². The summed E-state index contributed by atoms with van der Waals surface area (Å²) in [4.78, 5) is 21.8. The fraction of sp³-hybridized carbons (Fsp3) is 0.480. The zero-order valence-corrected chi connectivity index (χ0v) is 20.0. The van der Waals surface area contributed by atoms with Gasteiger partial charge in [-0.25, -0.2) is 4.79 Å². The lowest BCUT2D eigenvalue weighted by molar-refractivity contribution is 0.171. The highest BCUT2D eigenvalue weighted by atomic mass is 16.6. The third kappa shape index (κ3) is 4.65. The molecule has 0 saturated carbocycles. The molecule has 1 N–H and O–H groups in total. The van der Waals surface area contributed by atoms with Crippen LogP contribution >= 0.6 is 0 Å². The normalized spacial score (nSPS) is 18.6. The minimum absolute atomic E-state index is 0.0798. The molecule has 2 aromatic rings. The van der Waals surface area contributed by atoms with Gasteiger partial charge in [-0.1, -0.05) is 6.07 Å². The number of anilines is 3. The highest BCUT2D eigenvalue weighted by molar-refractivity contribution is 5.90. The molecule has 2 amide bonds. The molecule has 34 heavy (non-hydrogen) atoms. The van der Waals surface area contributed by atoms with E-state index < -0.39 is 0 Å². The molecule has 3 aliphatic rings. The van der Waals surface area contributed by atoms with Crippen LogP contribution < -0.4 is 29.3 Å². The number of fused-ring (bicyclic) bond motifs is 1. The van der Waals surface area contributed by atoms with Crippen molar-refractivity contribution in [3.8, 4) is 17.2 Å². The Labute approximate surface area is 200 Å². The second-order valence-corrected chi connectivity index (χ2v) is 8.88. The van der Waals surface area contributed by atoms with Crippen LogP contribution in [0.15, 0.2) is 36.4 Å². The molecule has 2 aromatic carbocycles. The molecule has 0 aliphatic carbocycles. The Morgan fingerprint density at radius 2 is 1.59 bits per heavy atom. The second-order valence-electron chi connectivity index (χ2n) is 8.88. The van der Waals surface area contributed by atoms with Gasteiger partial charge in [-0.2, -0.15) is 0 Å². The van der Waals surface area contributed by atoms with E-state index in [4.69, 9.17) is 14.2 Å². The highest BCUT2D eigenvalue weighted by Crippen LogP contribution is 2.39. The molecule has 2 saturated heterocycles. The Balaban J connectivity index is 1.22. The third-order valence-corrected chi connectivity index (χ3v) is 6.73. The van der Waals surface area contributed by atoms with Gasteiger partial charge in [0.2, 0.25) is 0 Å². The molecule has 0 radical (unpaired) electrons. The van der Waals surface area contributed by atoms with Gasteiger partial charge >= 0.3 is 6.03 Å². The Hall–Kier alpha value is -3.33. The molecule has 3 aliphatic heterocycles. The predicted octanol–water partition coefficient (Wildman–Crippen LogP) is 2.57. The van der Waals surface area contributed by atoms with Gasteiger partial charge in [0.15, 0.2) is 11.5 Å². The fourth-order valence-corrected chi connectivity index (χ4v) is 4.72. The molecular formula is C25H33N5O4. The van der Waals surface area contributed by atoms with Crippen LogP contribution in [0.3, 0.4) is 0 Å². The number of rotatable bonds is 4. The third-order valence-electron chi connectivity index (χ3n) is 6.73. The van der Waals surface area contributed by atoms with Crippen molar-refractivity contribution in [3.63, 3.8) is 0 Å². The second kappa shape index (κ2) is 9.89. The topological polar surface area (TPSA) is 69.8 Å². The first-order chi connectivity index (χ1) is 16.6. The number of ether oxygens (including phenoxy) is 3. The average Bonchev–Trinajstić information content (AvgIpc) is 2.89. The van der Waals surface area contributed by atoms with Gasteiger partial charge in [0, 0.05) is 58.0 Å². The number of likely N-dealkylation sites (N-methyl/N-ethyl adjacent to an activating group) is 1. The van der Waals surface area contributed by atoms with E-state index in [1.165, 1.54) is 0 Å². The number of hydrogen-bond acceptors (Lipinski definition) is 7. The number of nitrogens with zero attached hydrogens (tertiary/aromatic N) is 4. The van der Waals surface area contributed by atoms with E-state index >= 15 is 0 Å². The molecule has 9 heteroatoms. The molecular weight excluding hydrogens is 434 g/mol. The van der Waals surface area contributed by atoms with Gasteiger partial charge in [0.1, 0.15) is 19.0 Å². The first-order valence-corrected chi connectivity index (χ1v) is 11.9. The van der Waals surface area contributed by atoms with Crippen molar-refractivity contribution in [1.82, 2.24) is 9.80 Å². The van der Waals surface area contributed by atoms with E-state index in [0.29, 0.717) is 26.3 Å². The van der Waals surface area contributed by atoms with Crippen molar-refractivity contribution >= 4 is 23.1 Å². The molecule has 2 fully saturated rings. The molecule has 0 spiro atoms. The SMILES string of the molecule is COc1ccc(NC(=O)N2CCN(c3cccc4c3OCCO4)CC2)cc1N1CCN(C)CC1. The summed E-state index contributed by atoms with van der Waals surface area (Å²) in [6, 6.07) is 11.8. The minimum atomic E-state index is -0.0798. The lowest BCUT2D eigenvalue weighted by atomic mass is 10.2. The highest BCUT2D eigenvalue weighted by Gasteiger charge is 2.26. The van der Waals surface area contributed by atoms with Crippen molar-refractivity contribution in [2.75, 3.05) is 94.8 Å². The number of urea groups is 1. The van der Waals surface area contributed by atoms with Gasteiger partial charge in [0.05, 0.1) is 18.5 Å². The lowest BCUT2D eigenvalue weighted by Crippen LogP contribution is -2.50. The molecule has 0 bridgehead atoms. The Morgan fingerprint density at radius 3 is 2.35 bits per heavy atom. The average molecular weight is 468 g/mol. The quantitative estimate of drug-likeness (QED) is 0.741. The smallest absolute Gasteiger partial charge is 0.321 e. The summed E-state index contributed by atoms with van der Waals surface area (Å²) in [7, 11) is 3.83. The summed E-state index contributed by atoms with van der Waals surface area (Å²) >= 11 is 0. The number of para-hydroxylation sites is 1. The molecule has 0 atom stereocenters. The van der Waals surface area contributed by atoms with Crippen LogP contribution in [0.25, 0.3) is 0 Å². The van der Waals surface area contributed by atoms with Crippen LogP contribution in [-0.4, -0.2) is 95.6 Å². The summed E-state index contributed by atoms with van der Waals surface area (Å²) in [5, 5.41) is 3.09. The van der Waals surface area contributed by atoms with E-state index in [1.54, 1.807) is 7.11 Å². The zero-order chi connectivity index (χ0) is 23.5. The van der Waals surface area contributed by atoms with Gasteiger partial charge < -0.3 is 39.1 Å². The Bertz CT molecular complexity index is 1020. The van der Waals surface area contributed by atoms with Crippen molar-refractivity contribution in [2.24, 2.45) is 0 Å². The number of piperazine rings is 2. The Morgan fingerprint density at radius 1 is 0.882 bits per heavy atom. The van der Waals surface area contributed by atoms with Crippen molar-refractivity contribution < 1.29 is 19.0 Å². The summed E-state index contributed by atoms with van der Waals surface area (Å²) < 4.78 is 17.2. The van der Waals surface area contributed by atoms with Crippen LogP contribution in [0.5, 0.6) is 17.2 Å². The van der Waals surface area contributed by atoms with Crippen molar-refractivity contribution in [3.05, 3.63) is 36.4 Å². The summed E-state index contributed by atoms with van der Waals surface area (Å²) in [6.45, 7) is 7.77. The van der Waals surface area contributed by atoms with Crippen molar-refractivity contribution in [2.45, 2.75) is 0 Å². The number of carbonyl (C=O) groups excluding carboxylic acids is 1.